The van der Waals surface area contributed by atoms with Crippen molar-refractivity contribution in [3.63, 3.8) is 0 Å². The molecule has 0 aliphatic carbocycles. The molecule has 0 aliphatic heterocycles. The first-order valence-corrected chi connectivity index (χ1v) is 4.11. The van der Waals surface area contributed by atoms with E-state index in [1.807, 2.05) is 0 Å². The Morgan fingerprint density at radius 1 is 1.00 bits per heavy atom. The van der Waals surface area contributed by atoms with Gasteiger partial charge in [-0.05, 0) is 0 Å². The van der Waals surface area contributed by atoms with Crippen molar-refractivity contribution in [3.8, 4) is 0 Å². The van der Waals surface area contributed by atoms with Gasteiger partial charge >= 0.3 is 11.9 Å². The van der Waals surface area contributed by atoms with Crippen molar-refractivity contribution in [1.29, 1.82) is 0 Å². The van der Waals surface area contributed by atoms with Crippen LogP contribution in [0.5, 0.6) is 0 Å². The lowest BCUT2D eigenvalue weighted by Crippen LogP contribution is -2.30. The highest BCUT2D eigenvalue weighted by molar-refractivity contribution is 7.92. The highest BCUT2D eigenvalue weighted by Gasteiger charge is 2.47. The Hall–Kier alpha value is -0.510. The fourth-order valence-corrected chi connectivity index (χ4v) is 0.634. The summed E-state index contributed by atoms with van der Waals surface area (Å²) < 4.78 is 89.9. The van der Waals surface area contributed by atoms with Crippen molar-refractivity contribution >= 4 is 9.84 Å². The summed E-state index contributed by atoms with van der Waals surface area (Å²) in [6.45, 7) is 0. The van der Waals surface area contributed by atoms with Crippen LogP contribution in [0.4, 0.5) is 26.3 Å². The van der Waals surface area contributed by atoms with Gasteiger partial charge in [-0.2, -0.15) is 13.2 Å². The highest BCUT2D eigenvalue weighted by Crippen LogP contribution is 2.26. The predicted octanol–water partition coefficient (Wildman–Crippen LogP) is 1.41. The molecule has 0 unspecified atom stereocenters. The predicted molar refractivity (Wildman–Crippen MR) is 27.0 cm³/mol. The number of halogens is 6. The first kappa shape index (κ1) is 12.5. The van der Waals surface area contributed by atoms with Gasteiger partial charge < -0.3 is 0 Å². The third kappa shape index (κ3) is 4.31. The average Bonchev–Trinajstić information content (AvgIpc) is 1.79. The molecule has 0 aliphatic rings. The standard InChI is InChI=1S/C3H2F6O3S/c4-2(5,6)12-1-13(10,11)3(7,8)9/h1H2. The van der Waals surface area contributed by atoms with Gasteiger partial charge in [-0.15, -0.1) is 13.2 Å². The van der Waals surface area contributed by atoms with Gasteiger partial charge in [0.25, 0.3) is 9.84 Å². The van der Waals surface area contributed by atoms with Gasteiger partial charge in [-0.3, -0.25) is 4.74 Å². The summed E-state index contributed by atoms with van der Waals surface area (Å²) in [5.41, 5.74) is -5.74. The average molecular weight is 232 g/mol. The maximum Gasteiger partial charge on any atom is 0.523 e. The van der Waals surface area contributed by atoms with E-state index in [4.69, 9.17) is 0 Å². The Labute approximate surface area is 68.2 Å². The zero-order valence-corrected chi connectivity index (χ0v) is 6.42. The van der Waals surface area contributed by atoms with Crippen LogP contribution in [0.3, 0.4) is 0 Å². The molecule has 0 spiro atoms. The Bertz CT molecular complexity index is 260. The molecule has 0 fully saturated rings. The molecule has 0 aromatic heterocycles. The first-order valence-electron chi connectivity index (χ1n) is 2.45. The summed E-state index contributed by atoms with van der Waals surface area (Å²) in [5, 5.41) is 0. The molecule has 10 heteroatoms. The van der Waals surface area contributed by atoms with E-state index in [2.05, 4.69) is 4.74 Å². The summed E-state index contributed by atoms with van der Waals surface area (Å²) in [6, 6.07) is 0. The van der Waals surface area contributed by atoms with Crippen molar-refractivity contribution < 1.29 is 39.5 Å². The SMILES string of the molecule is O=S(=O)(COC(F)(F)F)C(F)(F)F. The quantitative estimate of drug-likeness (QED) is 0.676. The molecular formula is C3H2F6O3S. The molecule has 0 N–H and O–H groups in total. The zero-order chi connectivity index (χ0) is 10.9. The number of hydrogen-bond acceptors (Lipinski definition) is 3. The van der Waals surface area contributed by atoms with Gasteiger partial charge in [0.1, 0.15) is 0 Å². The second kappa shape index (κ2) is 3.33. The van der Waals surface area contributed by atoms with E-state index in [-0.39, 0.29) is 0 Å². The maximum absolute atomic E-state index is 11.4. The summed E-state index contributed by atoms with van der Waals surface area (Å²) >= 11 is 0. The molecule has 0 saturated heterocycles. The molecule has 3 nitrogen and oxygen atoms in total. The van der Waals surface area contributed by atoms with E-state index in [9.17, 15) is 34.8 Å². The Morgan fingerprint density at radius 2 is 1.38 bits per heavy atom. The van der Waals surface area contributed by atoms with E-state index in [0.29, 0.717) is 0 Å². The number of sulfone groups is 1. The molecule has 0 atom stereocenters. The minimum absolute atomic E-state index is 2.46. The third-order valence-electron chi connectivity index (χ3n) is 0.730. The number of alkyl halides is 6. The van der Waals surface area contributed by atoms with Crippen LogP contribution in [0, 0.1) is 0 Å². The number of ether oxygens (including phenoxy) is 1. The van der Waals surface area contributed by atoms with E-state index >= 15 is 0 Å². The van der Waals surface area contributed by atoms with E-state index in [1.165, 1.54) is 0 Å². The van der Waals surface area contributed by atoms with Crippen LogP contribution < -0.4 is 0 Å². The van der Waals surface area contributed by atoms with Crippen LogP contribution in [0.1, 0.15) is 0 Å². The maximum atomic E-state index is 11.4. The molecule has 13 heavy (non-hydrogen) atoms. The molecule has 0 rings (SSSR count). The lowest BCUT2D eigenvalue weighted by molar-refractivity contribution is -0.316. The van der Waals surface area contributed by atoms with Gasteiger partial charge in [0.2, 0.25) is 0 Å². The molecule has 0 heterocycles. The summed E-state index contributed by atoms with van der Waals surface area (Å²) in [5.74, 6) is -2.46. The van der Waals surface area contributed by atoms with Crippen LogP contribution >= 0.6 is 0 Å². The molecule has 0 bridgehead atoms. The number of hydrogen-bond donors (Lipinski definition) is 0. The molecule has 0 saturated carbocycles. The van der Waals surface area contributed by atoms with Gasteiger partial charge in [0.05, 0.1) is 0 Å². The smallest absolute Gasteiger partial charge is 0.275 e. The third-order valence-corrected chi connectivity index (χ3v) is 1.86. The van der Waals surface area contributed by atoms with Crippen LogP contribution in [0.25, 0.3) is 0 Å². The molecule has 80 valence electrons. The van der Waals surface area contributed by atoms with Gasteiger partial charge in [0.15, 0.2) is 5.94 Å². The first-order chi connectivity index (χ1) is 5.46. The van der Waals surface area contributed by atoms with Crippen molar-refractivity contribution in [2.24, 2.45) is 0 Å². The lowest BCUT2D eigenvalue weighted by atomic mass is 11.3. The molecular weight excluding hydrogens is 230 g/mol. The Morgan fingerprint density at radius 3 is 1.62 bits per heavy atom. The minimum Gasteiger partial charge on any atom is -0.275 e. The summed E-state index contributed by atoms with van der Waals surface area (Å²) in [7, 11) is -5.87. The van der Waals surface area contributed by atoms with E-state index in [1.54, 1.807) is 0 Å². The zero-order valence-electron chi connectivity index (χ0n) is 5.61. The molecule has 0 amide bonds. The van der Waals surface area contributed by atoms with E-state index in [0.717, 1.165) is 0 Å². The van der Waals surface area contributed by atoms with Gasteiger partial charge in [-0.1, -0.05) is 0 Å². The van der Waals surface area contributed by atoms with Gasteiger partial charge in [-0.25, -0.2) is 8.42 Å². The van der Waals surface area contributed by atoms with Crippen molar-refractivity contribution in [3.05, 3.63) is 0 Å². The van der Waals surface area contributed by atoms with Crippen LogP contribution in [-0.2, 0) is 14.6 Å². The fraction of sp³-hybridized carbons (Fsp3) is 1.00. The summed E-state index contributed by atoms with van der Waals surface area (Å²) in [6.07, 6.45) is -5.40. The van der Waals surface area contributed by atoms with Crippen molar-refractivity contribution in [1.82, 2.24) is 0 Å². The fourth-order valence-electron chi connectivity index (χ4n) is 0.211. The Kier molecular flexibility index (Phi) is 3.20. The van der Waals surface area contributed by atoms with Crippen molar-refractivity contribution in [2.75, 3.05) is 5.94 Å². The Balaban J connectivity index is 4.40. The van der Waals surface area contributed by atoms with Crippen LogP contribution in [0.2, 0.25) is 0 Å². The second-order valence-corrected chi connectivity index (χ2v) is 3.70. The van der Waals surface area contributed by atoms with Crippen LogP contribution in [0.15, 0.2) is 0 Å². The summed E-state index contributed by atoms with van der Waals surface area (Å²) in [4.78, 5) is 0. The van der Waals surface area contributed by atoms with Gasteiger partial charge in [0, 0.05) is 0 Å². The van der Waals surface area contributed by atoms with E-state index < -0.39 is 27.6 Å². The lowest BCUT2D eigenvalue weighted by Gasteiger charge is -2.09. The van der Waals surface area contributed by atoms with Crippen molar-refractivity contribution in [2.45, 2.75) is 11.9 Å². The monoisotopic (exact) mass is 232 g/mol. The van der Waals surface area contributed by atoms with Crippen LogP contribution in [-0.4, -0.2) is 26.2 Å². The number of rotatable bonds is 2. The molecule has 0 aromatic carbocycles. The molecule has 0 aromatic rings. The minimum atomic E-state index is -5.87. The normalized spacial score (nSPS) is 14.6. The molecule has 0 radical (unpaired) electrons. The topological polar surface area (TPSA) is 43.4 Å². The second-order valence-electron chi connectivity index (χ2n) is 1.77. The largest absolute Gasteiger partial charge is 0.523 e. The highest BCUT2D eigenvalue weighted by atomic mass is 32.2.